The zero-order valence-electron chi connectivity index (χ0n) is 11.6. The summed E-state index contributed by atoms with van der Waals surface area (Å²) < 4.78 is 0.923. The van der Waals surface area contributed by atoms with Crippen LogP contribution in [0.3, 0.4) is 0 Å². The van der Waals surface area contributed by atoms with Gasteiger partial charge in [-0.1, -0.05) is 40.2 Å². The number of nitrogens with one attached hydrogen (secondary N) is 1. The lowest BCUT2D eigenvalue weighted by Gasteiger charge is -2.19. The Hall–Kier alpha value is -1.62. The second-order valence-electron chi connectivity index (χ2n) is 4.37. The van der Waals surface area contributed by atoms with E-state index in [0.29, 0.717) is 26.1 Å². The molecule has 5 heteroatoms. The number of carbonyl (C=O) groups is 2. The summed E-state index contributed by atoms with van der Waals surface area (Å²) in [7, 11) is 0. The summed E-state index contributed by atoms with van der Waals surface area (Å²) in [5, 5.41) is 2.81. The number of halogens is 1. The maximum absolute atomic E-state index is 11.8. The molecule has 20 heavy (non-hydrogen) atoms. The quantitative estimate of drug-likeness (QED) is 0.774. The number of hydrogen-bond donors (Lipinski definition) is 1. The predicted octanol–water partition coefficient (Wildman–Crippen LogP) is 2.14. The summed E-state index contributed by atoms with van der Waals surface area (Å²) in [5.74, 6) is -0.0797. The van der Waals surface area contributed by atoms with E-state index in [1.165, 1.54) is 6.92 Å². The van der Waals surface area contributed by atoms with Crippen LogP contribution in [0, 0.1) is 0 Å². The zero-order chi connectivity index (χ0) is 15.0. The molecule has 2 amide bonds. The molecule has 0 unspecified atom stereocenters. The number of benzene rings is 1. The van der Waals surface area contributed by atoms with E-state index in [-0.39, 0.29) is 11.8 Å². The average molecular weight is 339 g/mol. The van der Waals surface area contributed by atoms with Crippen molar-refractivity contribution in [1.82, 2.24) is 10.2 Å². The van der Waals surface area contributed by atoms with Crippen molar-refractivity contribution in [2.75, 3.05) is 19.6 Å². The van der Waals surface area contributed by atoms with Gasteiger partial charge in [-0.05, 0) is 11.6 Å². The Kier molecular flexibility index (Phi) is 7.01. The summed E-state index contributed by atoms with van der Waals surface area (Å²) in [6.45, 7) is 6.54. The smallest absolute Gasteiger partial charge is 0.224 e. The van der Waals surface area contributed by atoms with Crippen molar-refractivity contribution < 1.29 is 9.59 Å². The van der Waals surface area contributed by atoms with Crippen LogP contribution < -0.4 is 5.32 Å². The molecule has 0 atom stereocenters. The highest BCUT2D eigenvalue weighted by Gasteiger charge is 2.08. The molecule has 0 aliphatic carbocycles. The van der Waals surface area contributed by atoms with E-state index < -0.39 is 0 Å². The Morgan fingerprint density at radius 2 is 2.10 bits per heavy atom. The van der Waals surface area contributed by atoms with Gasteiger partial charge in [-0.25, -0.2) is 0 Å². The van der Waals surface area contributed by atoms with E-state index in [1.54, 1.807) is 11.0 Å². The molecule has 4 nitrogen and oxygen atoms in total. The SMILES string of the molecule is C=CCN(CCNC(=O)Cc1ccccc1Br)C(C)=O. The van der Waals surface area contributed by atoms with Crippen LogP contribution >= 0.6 is 15.9 Å². The molecule has 0 fully saturated rings. The van der Waals surface area contributed by atoms with Gasteiger partial charge in [0.05, 0.1) is 6.42 Å². The van der Waals surface area contributed by atoms with Gasteiger partial charge >= 0.3 is 0 Å². The Morgan fingerprint density at radius 1 is 1.40 bits per heavy atom. The van der Waals surface area contributed by atoms with Crippen LogP contribution in [-0.4, -0.2) is 36.3 Å². The molecule has 0 aliphatic rings. The fourth-order valence-electron chi connectivity index (χ4n) is 1.74. The Balaban J connectivity index is 2.38. The van der Waals surface area contributed by atoms with Crippen LogP contribution in [0.2, 0.25) is 0 Å². The number of hydrogen-bond acceptors (Lipinski definition) is 2. The molecule has 0 saturated heterocycles. The number of nitrogens with zero attached hydrogens (tertiary/aromatic N) is 1. The Labute approximate surface area is 128 Å². The van der Waals surface area contributed by atoms with E-state index in [1.807, 2.05) is 24.3 Å². The van der Waals surface area contributed by atoms with Crippen LogP contribution in [0.4, 0.5) is 0 Å². The summed E-state index contributed by atoms with van der Waals surface area (Å²) in [5.41, 5.74) is 0.944. The molecule has 1 aromatic rings. The van der Waals surface area contributed by atoms with Gasteiger partial charge in [-0.15, -0.1) is 6.58 Å². The van der Waals surface area contributed by atoms with Gasteiger partial charge < -0.3 is 10.2 Å². The van der Waals surface area contributed by atoms with Gasteiger partial charge in [0, 0.05) is 31.0 Å². The van der Waals surface area contributed by atoms with Gasteiger partial charge in [0.15, 0.2) is 0 Å². The first-order valence-electron chi connectivity index (χ1n) is 6.41. The van der Waals surface area contributed by atoms with Crippen molar-refractivity contribution in [3.05, 3.63) is 47.0 Å². The number of carbonyl (C=O) groups excluding carboxylic acids is 2. The molecule has 0 saturated carbocycles. The summed E-state index contributed by atoms with van der Waals surface area (Å²) in [6, 6.07) is 7.62. The van der Waals surface area contributed by atoms with E-state index >= 15 is 0 Å². The summed E-state index contributed by atoms with van der Waals surface area (Å²) in [6.07, 6.45) is 1.99. The van der Waals surface area contributed by atoms with Crippen molar-refractivity contribution in [2.45, 2.75) is 13.3 Å². The summed E-state index contributed by atoms with van der Waals surface area (Å²) in [4.78, 5) is 24.8. The van der Waals surface area contributed by atoms with Gasteiger partial charge in [0.1, 0.15) is 0 Å². The molecule has 0 aromatic heterocycles. The molecule has 1 aromatic carbocycles. The third-order valence-electron chi connectivity index (χ3n) is 2.81. The first-order chi connectivity index (χ1) is 9.54. The lowest BCUT2D eigenvalue weighted by molar-refractivity contribution is -0.129. The average Bonchev–Trinajstić information content (AvgIpc) is 2.40. The molecule has 0 aliphatic heterocycles. The fraction of sp³-hybridized carbons (Fsp3) is 0.333. The molecule has 0 bridgehead atoms. The van der Waals surface area contributed by atoms with Crippen molar-refractivity contribution in [3.8, 4) is 0 Å². The molecule has 0 heterocycles. The number of rotatable bonds is 7. The third-order valence-corrected chi connectivity index (χ3v) is 3.58. The van der Waals surface area contributed by atoms with Crippen molar-refractivity contribution in [2.24, 2.45) is 0 Å². The normalized spacial score (nSPS) is 9.90. The molecule has 0 radical (unpaired) electrons. The second-order valence-corrected chi connectivity index (χ2v) is 5.23. The monoisotopic (exact) mass is 338 g/mol. The Morgan fingerprint density at radius 3 is 2.70 bits per heavy atom. The minimum Gasteiger partial charge on any atom is -0.354 e. The lowest BCUT2D eigenvalue weighted by Crippen LogP contribution is -2.38. The van der Waals surface area contributed by atoms with Crippen LogP contribution in [0.15, 0.2) is 41.4 Å². The van der Waals surface area contributed by atoms with Gasteiger partial charge in [0.25, 0.3) is 0 Å². The largest absolute Gasteiger partial charge is 0.354 e. The molecular formula is C15H19BrN2O2. The summed E-state index contributed by atoms with van der Waals surface area (Å²) >= 11 is 3.41. The van der Waals surface area contributed by atoms with Crippen LogP contribution in [0.25, 0.3) is 0 Å². The minimum atomic E-state index is -0.0565. The second kappa shape index (κ2) is 8.53. The van der Waals surface area contributed by atoms with Crippen molar-refractivity contribution in [1.29, 1.82) is 0 Å². The van der Waals surface area contributed by atoms with E-state index in [0.717, 1.165) is 10.0 Å². The van der Waals surface area contributed by atoms with Crippen LogP contribution in [0.5, 0.6) is 0 Å². The topological polar surface area (TPSA) is 49.4 Å². The minimum absolute atomic E-state index is 0.0232. The first-order valence-corrected chi connectivity index (χ1v) is 7.20. The maximum atomic E-state index is 11.8. The third kappa shape index (κ3) is 5.57. The van der Waals surface area contributed by atoms with Crippen LogP contribution in [-0.2, 0) is 16.0 Å². The lowest BCUT2D eigenvalue weighted by atomic mass is 10.1. The molecule has 0 spiro atoms. The van der Waals surface area contributed by atoms with Crippen LogP contribution in [0.1, 0.15) is 12.5 Å². The highest BCUT2D eigenvalue weighted by molar-refractivity contribution is 9.10. The van der Waals surface area contributed by atoms with E-state index in [2.05, 4.69) is 27.8 Å². The van der Waals surface area contributed by atoms with Gasteiger partial charge in [-0.3, -0.25) is 9.59 Å². The van der Waals surface area contributed by atoms with E-state index in [9.17, 15) is 9.59 Å². The molecule has 1 N–H and O–H groups in total. The number of amides is 2. The van der Waals surface area contributed by atoms with Gasteiger partial charge in [-0.2, -0.15) is 0 Å². The van der Waals surface area contributed by atoms with Crippen molar-refractivity contribution >= 4 is 27.7 Å². The van der Waals surface area contributed by atoms with E-state index in [4.69, 9.17) is 0 Å². The standard InChI is InChI=1S/C15H19BrN2O2/c1-3-9-18(12(2)19)10-8-17-15(20)11-13-6-4-5-7-14(13)16/h3-7H,1,8-11H2,2H3,(H,17,20). The Bertz CT molecular complexity index is 489. The molecule has 1 rings (SSSR count). The predicted molar refractivity (Wildman–Crippen MR) is 83.3 cm³/mol. The zero-order valence-corrected chi connectivity index (χ0v) is 13.1. The van der Waals surface area contributed by atoms with Gasteiger partial charge in [0.2, 0.25) is 11.8 Å². The van der Waals surface area contributed by atoms with Crippen molar-refractivity contribution in [3.63, 3.8) is 0 Å². The fourth-order valence-corrected chi connectivity index (χ4v) is 2.17. The molecular weight excluding hydrogens is 320 g/mol. The first kappa shape index (κ1) is 16.4. The highest BCUT2D eigenvalue weighted by atomic mass is 79.9. The maximum Gasteiger partial charge on any atom is 0.224 e. The highest BCUT2D eigenvalue weighted by Crippen LogP contribution is 2.15. The molecule has 108 valence electrons.